The van der Waals surface area contributed by atoms with Gasteiger partial charge in [0.1, 0.15) is 17.8 Å². The fourth-order valence-electron chi connectivity index (χ4n) is 2.78. The first-order valence-electron chi connectivity index (χ1n) is 7.03. The highest BCUT2D eigenvalue weighted by Gasteiger charge is 2.19. The number of hydrogen-bond acceptors (Lipinski definition) is 4. The lowest BCUT2D eigenvalue weighted by Crippen LogP contribution is -2.35. The van der Waals surface area contributed by atoms with E-state index in [2.05, 4.69) is 44.7 Å². The average Bonchev–Trinajstić information content (AvgIpc) is 2.74. The average molecular weight is 259 g/mol. The highest BCUT2D eigenvalue weighted by Crippen LogP contribution is 2.23. The van der Waals surface area contributed by atoms with Crippen molar-refractivity contribution in [3.8, 4) is 0 Å². The molecule has 0 saturated carbocycles. The number of rotatable bonds is 2. The van der Waals surface area contributed by atoms with Crippen LogP contribution < -0.4 is 4.90 Å². The van der Waals surface area contributed by atoms with Crippen LogP contribution in [0.4, 0.5) is 5.82 Å². The van der Waals surface area contributed by atoms with Crippen LogP contribution in [0.25, 0.3) is 11.0 Å². The van der Waals surface area contributed by atoms with Gasteiger partial charge in [0.2, 0.25) is 0 Å². The van der Waals surface area contributed by atoms with Gasteiger partial charge in [-0.15, -0.1) is 0 Å². The molecular formula is C14H21N5. The summed E-state index contributed by atoms with van der Waals surface area (Å²) >= 11 is 0. The summed E-state index contributed by atoms with van der Waals surface area (Å²) in [6.45, 7) is 8.93. The Bertz CT molecular complexity index is 548. The van der Waals surface area contributed by atoms with Crippen LogP contribution in [0.1, 0.15) is 20.3 Å². The zero-order chi connectivity index (χ0) is 13.2. The Labute approximate surface area is 113 Å². The summed E-state index contributed by atoms with van der Waals surface area (Å²) in [5, 5.41) is 1.13. The van der Waals surface area contributed by atoms with Crippen molar-refractivity contribution in [3.63, 3.8) is 0 Å². The quantitative estimate of drug-likeness (QED) is 0.894. The number of aromatic nitrogens is 3. The third-order valence-electron chi connectivity index (χ3n) is 3.89. The Balaban J connectivity index is 1.84. The van der Waals surface area contributed by atoms with Crippen LogP contribution in [0.2, 0.25) is 0 Å². The molecule has 19 heavy (non-hydrogen) atoms. The molecule has 2 aromatic rings. The maximum Gasteiger partial charge on any atom is 0.142 e. The van der Waals surface area contributed by atoms with Gasteiger partial charge in [-0.3, -0.25) is 4.90 Å². The lowest BCUT2D eigenvalue weighted by molar-refractivity contribution is 0.238. The van der Waals surface area contributed by atoms with E-state index in [0.717, 1.165) is 36.5 Å². The van der Waals surface area contributed by atoms with E-state index in [1.54, 1.807) is 6.33 Å². The van der Waals surface area contributed by atoms with Crippen LogP contribution >= 0.6 is 0 Å². The molecule has 0 unspecified atom stereocenters. The standard InChI is InChI=1S/C14H21N5/c1-11(2)18-6-3-7-19(9-8-18)14-12-4-5-15-13(12)16-10-17-14/h4-5,10-11H,3,6-9H2,1-2H3,(H,15,16,17). The first-order chi connectivity index (χ1) is 9.25. The molecule has 5 heteroatoms. The summed E-state index contributed by atoms with van der Waals surface area (Å²) in [6.07, 6.45) is 4.77. The molecule has 0 aromatic carbocycles. The van der Waals surface area contributed by atoms with Gasteiger partial charge in [-0.2, -0.15) is 0 Å². The predicted molar refractivity (Wildman–Crippen MR) is 77.4 cm³/mol. The molecule has 1 aliphatic rings. The molecule has 2 aromatic heterocycles. The molecule has 1 N–H and O–H groups in total. The molecule has 1 saturated heterocycles. The Kier molecular flexibility index (Phi) is 3.38. The van der Waals surface area contributed by atoms with Gasteiger partial charge in [0.15, 0.2) is 0 Å². The summed E-state index contributed by atoms with van der Waals surface area (Å²) in [4.78, 5) is 16.8. The number of nitrogens with zero attached hydrogens (tertiary/aromatic N) is 4. The molecule has 1 aliphatic heterocycles. The SMILES string of the molecule is CC(C)N1CCCN(c2ncnc3[nH]ccc23)CC1. The molecule has 102 valence electrons. The van der Waals surface area contributed by atoms with E-state index in [9.17, 15) is 0 Å². The fraction of sp³-hybridized carbons (Fsp3) is 0.571. The predicted octanol–water partition coefficient (Wildman–Crippen LogP) is 1.88. The first kappa shape index (κ1) is 12.4. The Hall–Kier alpha value is -1.62. The molecular weight excluding hydrogens is 238 g/mol. The van der Waals surface area contributed by atoms with Gasteiger partial charge in [-0.05, 0) is 26.3 Å². The number of H-pyrrole nitrogens is 1. The van der Waals surface area contributed by atoms with E-state index < -0.39 is 0 Å². The molecule has 0 atom stereocenters. The van der Waals surface area contributed by atoms with Crippen LogP contribution in [0.3, 0.4) is 0 Å². The third kappa shape index (κ3) is 2.42. The molecule has 0 spiro atoms. The van der Waals surface area contributed by atoms with Crippen molar-refractivity contribution in [1.82, 2.24) is 19.9 Å². The van der Waals surface area contributed by atoms with Crippen molar-refractivity contribution >= 4 is 16.9 Å². The van der Waals surface area contributed by atoms with Gasteiger partial charge in [-0.25, -0.2) is 9.97 Å². The van der Waals surface area contributed by atoms with Crippen molar-refractivity contribution in [3.05, 3.63) is 18.6 Å². The maximum atomic E-state index is 4.49. The van der Waals surface area contributed by atoms with Crippen molar-refractivity contribution in [2.45, 2.75) is 26.3 Å². The molecule has 3 heterocycles. The summed E-state index contributed by atoms with van der Waals surface area (Å²) in [7, 11) is 0. The van der Waals surface area contributed by atoms with Crippen LogP contribution in [0.5, 0.6) is 0 Å². The Morgan fingerprint density at radius 3 is 2.89 bits per heavy atom. The molecule has 3 rings (SSSR count). The van der Waals surface area contributed by atoms with Crippen molar-refractivity contribution < 1.29 is 0 Å². The van der Waals surface area contributed by atoms with E-state index in [1.807, 2.05) is 6.20 Å². The second-order valence-corrected chi connectivity index (χ2v) is 5.41. The van der Waals surface area contributed by atoms with Gasteiger partial charge >= 0.3 is 0 Å². The van der Waals surface area contributed by atoms with Crippen LogP contribution in [-0.4, -0.2) is 52.1 Å². The second-order valence-electron chi connectivity index (χ2n) is 5.41. The third-order valence-corrected chi connectivity index (χ3v) is 3.89. The lowest BCUT2D eigenvalue weighted by Gasteiger charge is -2.25. The fourth-order valence-corrected chi connectivity index (χ4v) is 2.78. The largest absolute Gasteiger partial charge is 0.355 e. The number of nitrogens with one attached hydrogen (secondary N) is 1. The summed E-state index contributed by atoms with van der Waals surface area (Å²) in [5.74, 6) is 1.07. The zero-order valence-electron chi connectivity index (χ0n) is 11.6. The minimum absolute atomic E-state index is 0.623. The normalized spacial score (nSPS) is 18.2. The highest BCUT2D eigenvalue weighted by molar-refractivity contribution is 5.87. The van der Waals surface area contributed by atoms with Gasteiger partial charge in [0.25, 0.3) is 0 Å². The molecule has 1 fully saturated rings. The van der Waals surface area contributed by atoms with Gasteiger partial charge in [-0.1, -0.05) is 0 Å². The molecule has 0 bridgehead atoms. The number of aromatic amines is 1. The van der Waals surface area contributed by atoms with E-state index in [-0.39, 0.29) is 0 Å². The van der Waals surface area contributed by atoms with Gasteiger partial charge in [0, 0.05) is 38.4 Å². The smallest absolute Gasteiger partial charge is 0.142 e. The first-order valence-corrected chi connectivity index (χ1v) is 7.03. The number of fused-ring (bicyclic) bond motifs is 1. The van der Waals surface area contributed by atoms with E-state index in [0.29, 0.717) is 6.04 Å². The number of anilines is 1. The van der Waals surface area contributed by atoms with Gasteiger partial charge < -0.3 is 9.88 Å². The Morgan fingerprint density at radius 1 is 1.16 bits per heavy atom. The van der Waals surface area contributed by atoms with Crippen molar-refractivity contribution in [2.75, 3.05) is 31.1 Å². The summed E-state index contributed by atoms with van der Waals surface area (Å²) in [5.41, 5.74) is 0.926. The minimum atomic E-state index is 0.623. The van der Waals surface area contributed by atoms with Crippen LogP contribution in [0.15, 0.2) is 18.6 Å². The maximum absolute atomic E-state index is 4.49. The number of hydrogen-bond donors (Lipinski definition) is 1. The van der Waals surface area contributed by atoms with E-state index in [1.165, 1.54) is 13.0 Å². The highest BCUT2D eigenvalue weighted by atomic mass is 15.3. The van der Waals surface area contributed by atoms with Gasteiger partial charge in [0.05, 0.1) is 5.39 Å². The van der Waals surface area contributed by atoms with E-state index in [4.69, 9.17) is 0 Å². The molecule has 0 radical (unpaired) electrons. The monoisotopic (exact) mass is 259 g/mol. The summed E-state index contributed by atoms with van der Waals surface area (Å²) < 4.78 is 0. The topological polar surface area (TPSA) is 48.1 Å². The summed E-state index contributed by atoms with van der Waals surface area (Å²) in [6, 6.07) is 2.69. The van der Waals surface area contributed by atoms with Crippen LogP contribution in [-0.2, 0) is 0 Å². The lowest BCUT2D eigenvalue weighted by atomic mass is 10.3. The molecule has 5 nitrogen and oxygen atoms in total. The van der Waals surface area contributed by atoms with Crippen LogP contribution in [0, 0.1) is 0 Å². The Morgan fingerprint density at radius 2 is 2.05 bits per heavy atom. The minimum Gasteiger partial charge on any atom is -0.355 e. The van der Waals surface area contributed by atoms with E-state index >= 15 is 0 Å². The van der Waals surface area contributed by atoms with Crippen molar-refractivity contribution in [1.29, 1.82) is 0 Å². The zero-order valence-corrected chi connectivity index (χ0v) is 11.6. The molecule has 0 aliphatic carbocycles. The van der Waals surface area contributed by atoms with Crippen molar-refractivity contribution in [2.24, 2.45) is 0 Å². The second kappa shape index (κ2) is 5.17. The molecule has 0 amide bonds.